The van der Waals surface area contributed by atoms with E-state index in [4.69, 9.17) is 9.52 Å². The summed E-state index contributed by atoms with van der Waals surface area (Å²) in [7, 11) is -4.08. The van der Waals surface area contributed by atoms with Gasteiger partial charge in [-0.2, -0.15) is 4.72 Å². The number of rotatable bonds is 7. The first-order chi connectivity index (χ1) is 15.1. The standard InChI is InChI=1S/C22H19NO7S2/c1-11(2)20(22(26)27)23-32(28,29)13-4-5-14-15-9-12(3-6-16(15)30-17(14)10-13)18-7-8-19(31-18)21(24)25/h3-11,20,23H,1-2H3,(H,24,25)(H,26,27). The van der Waals surface area contributed by atoms with Crippen LogP contribution in [0.15, 0.2) is 57.8 Å². The molecule has 8 nitrogen and oxygen atoms in total. The second-order valence-corrected chi connectivity index (χ2v) is 10.4. The molecule has 2 aromatic carbocycles. The molecule has 0 aliphatic carbocycles. The molecule has 2 aromatic heterocycles. The van der Waals surface area contributed by atoms with Crippen LogP contribution in [0.5, 0.6) is 0 Å². The monoisotopic (exact) mass is 473 g/mol. The molecule has 1 atom stereocenters. The average molecular weight is 474 g/mol. The summed E-state index contributed by atoms with van der Waals surface area (Å²) in [5.74, 6) is -2.67. The Morgan fingerprint density at radius 1 is 0.969 bits per heavy atom. The highest BCUT2D eigenvalue weighted by atomic mass is 32.2. The van der Waals surface area contributed by atoms with Crippen LogP contribution in [0.3, 0.4) is 0 Å². The molecule has 0 amide bonds. The van der Waals surface area contributed by atoms with Crippen LogP contribution in [-0.2, 0) is 14.8 Å². The minimum atomic E-state index is -4.08. The van der Waals surface area contributed by atoms with E-state index in [1.54, 1.807) is 38.1 Å². The van der Waals surface area contributed by atoms with Crippen molar-refractivity contribution in [2.75, 3.05) is 0 Å². The van der Waals surface area contributed by atoms with Gasteiger partial charge >= 0.3 is 11.9 Å². The molecule has 1 unspecified atom stereocenters. The van der Waals surface area contributed by atoms with Crippen molar-refractivity contribution in [2.24, 2.45) is 5.92 Å². The molecule has 2 heterocycles. The first kappa shape index (κ1) is 22.0. The van der Waals surface area contributed by atoms with E-state index in [1.165, 1.54) is 12.1 Å². The molecule has 0 saturated heterocycles. The zero-order chi connectivity index (χ0) is 23.2. The van der Waals surface area contributed by atoms with E-state index in [2.05, 4.69) is 4.72 Å². The van der Waals surface area contributed by atoms with E-state index in [0.29, 0.717) is 16.6 Å². The SMILES string of the molecule is CC(C)C(NS(=O)(=O)c1ccc2c(c1)oc1ccc(-c3ccc(C(=O)O)s3)cc12)C(=O)O. The van der Waals surface area contributed by atoms with Crippen LogP contribution in [-0.4, -0.2) is 36.6 Å². The topological polar surface area (TPSA) is 134 Å². The van der Waals surface area contributed by atoms with Gasteiger partial charge in [-0.3, -0.25) is 4.79 Å². The zero-order valence-corrected chi connectivity index (χ0v) is 18.7. The number of benzene rings is 2. The third-order valence-electron chi connectivity index (χ3n) is 5.07. The normalized spacial score (nSPS) is 13.1. The number of hydrogen-bond acceptors (Lipinski definition) is 6. The molecule has 32 heavy (non-hydrogen) atoms. The fourth-order valence-corrected chi connectivity index (χ4v) is 5.59. The summed E-state index contributed by atoms with van der Waals surface area (Å²) >= 11 is 1.16. The van der Waals surface area contributed by atoms with Gasteiger partial charge in [-0.1, -0.05) is 13.8 Å². The van der Waals surface area contributed by atoms with Crippen molar-refractivity contribution in [3.8, 4) is 10.4 Å². The Labute approximate surface area is 187 Å². The molecule has 0 fully saturated rings. The fraction of sp³-hybridized carbons (Fsp3) is 0.182. The molecule has 0 aliphatic heterocycles. The van der Waals surface area contributed by atoms with E-state index in [1.807, 2.05) is 12.1 Å². The number of nitrogens with one attached hydrogen (secondary N) is 1. The number of hydrogen-bond donors (Lipinski definition) is 3. The Morgan fingerprint density at radius 2 is 1.72 bits per heavy atom. The minimum Gasteiger partial charge on any atom is -0.480 e. The highest BCUT2D eigenvalue weighted by Gasteiger charge is 2.28. The summed E-state index contributed by atoms with van der Waals surface area (Å²) in [6.07, 6.45) is 0. The molecule has 10 heteroatoms. The number of aromatic carboxylic acids is 1. The lowest BCUT2D eigenvalue weighted by Gasteiger charge is -2.17. The molecule has 4 aromatic rings. The van der Waals surface area contributed by atoms with Crippen molar-refractivity contribution in [1.82, 2.24) is 4.72 Å². The van der Waals surface area contributed by atoms with Crippen LogP contribution in [0, 0.1) is 5.92 Å². The van der Waals surface area contributed by atoms with Gasteiger partial charge in [0, 0.05) is 21.7 Å². The maximum Gasteiger partial charge on any atom is 0.345 e. The highest BCUT2D eigenvalue weighted by molar-refractivity contribution is 7.89. The lowest BCUT2D eigenvalue weighted by molar-refractivity contribution is -0.140. The number of carboxylic acids is 2. The fourth-order valence-electron chi connectivity index (χ4n) is 3.39. The number of fused-ring (bicyclic) bond motifs is 3. The highest BCUT2D eigenvalue weighted by Crippen LogP contribution is 2.35. The lowest BCUT2D eigenvalue weighted by atomic mass is 10.1. The van der Waals surface area contributed by atoms with Gasteiger partial charge in [-0.15, -0.1) is 11.3 Å². The van der Waals surface area contributed by atoms with Crippen LogP contribution in [0.2, 0.25) is 0 Å². The summed E-state index contributed by atoms with van der Waals surface area (Å²) in [5.41, 5.74) is 1.71. The van der Waals surface area contributed by atoms with Crippen molar-refractivity contribution in [1.29, 1.82) is 0 Å². The number of aliphatic carboxylic acids is 1. The van der Waals surface area contributed by atoms with Gasteiger partial charge in [0.2, 0.25) is 10.0 Å². The van der Waals surface area contributed by atoms with Crippen LogP contribution in [0.1, 0.15) is 23.5 Å². The van der Waals surface area contributed by atoms with Crippen LogP contribution in [0.25, 0.3) is 32.4 Å². The first-order valence-electron chi connectivity index (χ1n) is 9.62. The Bertz CT molecular complexity index is 1460. The van der Waals surface area contributed by atoms with E-state index >= 15 is 0 Å². The summed E-state index contributed by atoms with van der Waals surface area (Å²) in [6.45, 7) is 3.24. The van der Waals surface area contributed by atoms with Gasteiger partial charge in [0.15, 0.2) is 0 Å². The smallest absolute Gasteiger partial charge is 0.345 e. The number of carboxylic acid groups (broad SMARTS) is 2. The maximum atomic E-state index is 12.7. The largest absolute Gasteiger partial charge is 0.480 e. The molecule has 0 bridgehead atoms. The average Bonchev–Trinajstić information content (AvgIpc) is 3.35. The number of furan rings is 1. The van der Waals surface area contributed by atoms with Crippen molar-refractivity contribution in [2.45, 2.75) is 24.8 Å². The third kappa shape index (κ3) is 3.99. The van der Waals surface area contributed by atoms with Gasteiger partial charge in [0.05, 0.1) is 4.90 Å². The molecule has 166 valence electrons. The molecule has 0 radical (unpaired) electrons. The van der Waals surface area contributed by atoms with E-state index < -0.39 is 33.9 Å². The van der Waals surface area contributed by atoms with Crippen LogP contribution >= 0.6 is 11.3 Å². The second kappa shape index (κ2) is 8.05. The van der Waals surface area contributed by atoms with Crippen LogP contribution < -0.4 is 4.72 Å². The molecular formula is C22H19NO7S2. The minimum absolute atomic E-state index is 0.0967. The number of sulfonamides is 1. The van der Waals surface area contributed by atoms with Crippen molar-refractivity contribution in [3.63, 3.8) is 0 Å². The van der Waals surface area contributed by atoms with Crippen molar-refractivity contribution in [3.05, 3.63) is 53.4 Å². The predicted octanol–water partition coefficient (Wildman–Crippen LogP) is 4.40. The molecule has 0 spiro atoms. The molecule has 3 N–H and O–H groups in total. The quantitative estimate of drug-likeness (QED) is 0.362. The Balaban J connectivity index is 1.74. The van der Waals surface area contributed by atoms with Gasteiger partial charge in [-0.25, -0.2) is 13.2 Å². The van der Waals surface area contributed by atoms with Crippen LogP contribution in [0.4, 0.5) is 0 Å². The van der Waals surface area contributed by atoms with Gasteiger partial charge < -0.3 is 14.6 Å². The first-order valence-corrected chi connectivity index (χ1v) is 11.9. The molecule has 4 rings (SSSR count). The predicted molar refractivity (Wildman–Crippen MR) is 121 cm³/mol. The Kier molecular flexibility index (Phi) is 5.53. The molecule has 0 aliphatic rings. The number of thiophene rings is 1. The Hall–Kier alpha value is -3.21. The van der Waals surface area contributed by atoms with E-state index in [9.17, 15) is 23.1 Å². The van der Waals surface area contributed by atoms with Crippen molar-refractivity contribution < 1.29 is 32.6 Å². The number of carbonyl (C=O) groups is 2. The van der Waals surface area contributed by atoms with Gasteiger partial charge in [0.25, 0.3) is 0 Å². The lowest BCUT2D eigenvalue weighted by Crippen LogP contribution is -2.44. The maximum absolute atomic E-state index is 12.7. The molecular weight excluding hydrogens is 454 g/mol. The second-order valence-electron chi connectivity index (χ2n) is 7.62. The van der Waals surface area contributed by atoms with Crippen molar-refractivity contribution >= 4 is 55.2 Å². The summed E-state index contributed by atoms with van der Waals surface area (Å²) in [6, 6.07) is 11.8. The zero-order valence-electron chi connectivity index (χ0n) is 17.0. The molecule has 0 saturated carbocycles. The van der Waals surface area contributed by atoms with E-state index in [0.717, 1.165) is 27.2 Å². The van der Waals surface area contributed by atoms with E-state index in [-0.39, 0.29) is 9.77 Å². The van der Waals surface area contributed by atoms with Gasteiger partial charge in [0.1, 0.15) is 22.1 Å². The third-order valence-corrected chi connectivity index (χ3v) is 7.63. The summed E-state index contributed by atoms with van der Waals surface area (Å²) in [5, 5.41) is 19.9. The van der Waals surface area contributed by atoms with Gasteiger partial charge in [-0.05, 0) is 53.9 Å². The summed E-state index contributed by atoms with van der Waals surface area (Å²) < 4.78 is 33.5. The Morgan fingerprint density at radius 3 is 2.34 bits per heavy atom. The summed E-state index contributed by atoms with van der Waals surface area (Å²) in [4.78, 5) is 23.5.